The fraction of sp³-hybridized carbons (Fsp3) is 0.733. The molecule has 1 aliphatic heterocycles. The number of alkyl carbamates (subject to hydrolysis) is 1. The zero-order valence-corrected chi connectivity index (χ0v) is 14.1. The van der Waals surface area contributed by atoms with Crippen molar-refractivity contribution in [1.29, 1.82) is 0 Å². The molecule has 0 radical (unpaired) electrons. The molecular weight excluding hydrogens is 288 g/mol. The van der Waals surface area contributed by atoms with Crippen LogP contribution >= 0.6 is 0 Å². The van der Waals surface area contributed by atoms with Crippen molar-refractivity contribution in [3.05, 3.63) is 11.8 Å². The van der Waals surface area contributed by atoms with Crippen LogP contribution in [0.3, 0.4) is 0 Å². The van der Waals surface area contributed by atoms with Crippen molar-refractivity contribution in [3.8, 4) is 0 Å². The SMILES string of the molecule is CCOC(=O)C1C=C([C@@H](NC(=O)OC(C)(C)C)C(C)C)NO1. The van der Waals surface area contributed by atoms with Gasteiger partial charge in [0, 0.05) is 0 Å². The van der Waals surface area contributed by atoms with Gasteiger partial charge in [-0.15, -0.1) is 0 Å². The molecule has 7 nitrogen and oxygen atoms in total. The summed E-state index contributed by atoms with van der Waals surface area (Å²) in [5, 5.41) is 2.78. The molecule has 2 N–H and O–H groups in total. The van der Waals surface area contributed by atoms with E-state index in [1.54, 1.807) is 33.8 Å². The maximum absolute atomic E-state index is 11.9. The number of hydroxylamine groups is 1. The van der Waals surface area contributed by atoms with Crippen LogP contribution in [0.15, 0.2) is 11.8 Å². The second-order valence-electron chi connectivity index (χ2n) is 6.38. The van der Waals surface area contributed by atoms with Gasteiger partial charge in [-0.1, -0.05) is 13.8 Å². The number of carbonyl (C=O) groups is 2. The fourth-order valence-electron chi connectivity index (χ4n) is 1.91. The summed E-state index contributed by atoms with van der Waals surface area (Å²) < 4.78 is 10.2. The van der Waals surface area contributed by atoms with E-state index < -0.39 is 23.8 Å². The standard InChI is InChI=1S/C15H26N2O5/c1-7-20-13(18)11-8-10(17-22-11)12(9(2)3)16-14(19)21-15(4,5)6/h8-9,11-12,17H,7H2,1-6H3,(H,16,19)/t11?,12-/m0/s1. The van der Waals surface area contributed by atoms with Crippen LogP contribution in [0.2, 0.25) is 0 Å². The Morgan fingerprint density at radius 3 is 2.55 bits per heavy atom. The smallest absolute Gasteiger partial charge is 0.408 e. The van der Waals surface area contributed by atoms with Gasteiger partial charge >= 0.3 is 12.1 Å². The highest BCUT2D eigenvalue weighted by Gasteiger charge is 2.31. The fourth-order valence-corrected chi connectivity index (χ4v) is 1.91. The summed E-state index contributed by atoms with van der Waals surface area (Å²) in [4.78, 5) is 28.8. The number of nitrogens with one attached hydrogen (secondary N) is 2. The first-order valence-electron chi connectivity index (χ1n) is 7.43. The Kier molecular flexibility index (Phi) is 6.22. The number of rotatable bonds is 5. The molecule has 1 heterocycles. The van der Waals surface area contributed by atoms with Gasteiger partial charge in [0.2, 0.25) is 6.10 Å². The Morgan fingerprint density at radius 1 is 1.41 bits per heavy atom. The van der Waals surface area contributed by atoms with Crippen LogP contribution in [0.5, 0.6) is 0 Å². The van der Waals surface area contributed by atoms with E-state index in [-0.39, 0.29) is 18.6 Å². The first kappa shape index (κ1) is 18.3. The zero-order chi connectivity index (χ0) is 16.9. The van der Waals surface area contributed by atoms with Crippen molar-refractivity contribution < 1.29 is 23.9 Å². The molecule has 0 aromatic carbocycles. The van der Waals surface area contributed by atoms with Gasteiger partial charge in [0.25, 0.3) is 0 Å². The predicted octanol–water partition coefficient (Wildman–Crippen LogP) is 1.89. The molecule has 126 valence electrons. The maximum Gasteiger partial charge on any atom is 0.408 e. The minimum Gasteiger partial charge on any atom is -0.464 e. The Bertz CT molecular complexity index is 440. The summed E-state index contributed by atoms with van der Waals surface area (Å²) in [6, 6.07) is -0.353. The van der Waals surface area contributed by atoms with Gasteiger partial charge in [-0.05, 0) is 39.7 Å². The maximum atomic E-state index is 11.9. The van der Waals surface area contributed by atoms with E-state index in [9.17, 15) is 9.59 Å². The molecule has 2 atom stereocenters. The zero-order valence-electron chi connectivity index (χ0n) is 14.1. The number of amides is 1. The van der Waals surface area contributed by atoms with Crippen molar-refractivity contribution in [1.82, 2.24) is 10.8 Å². The van der Waals surface area contributed by atoms with E-state index >= 15 is 0 Å². The first-order valence-corrected chi connectivity index (χ1v) is 7.43. The molecule has 7 heteroatoms. The Hall–Kier alpha value is -1.76. The number of carbonyl (C=O) groups excluding carboxylic acids is 2. The summed E-state index contributed by atoms with van der Waals surface area (Å²) in [5.74, 6) is -0.388. The summed E-state index contributed by atoms with van der Waals surface area (Å²) >= 11 is 0. The lowest BCUT2D eigenvalue weighted by atomic mass is 10.0. The predicted molar refractivity (Wildman–Crippen MR) is 80.7 cm³/mol. The quantitative estimate of drug-likeness (QED) is 0.754. The molecule has 22 heavy (non-hydrogen) atoms. The van der Waals surface area contributed by atoms with Crippen molar-refractivity contribution in [3.63, 3.8) is 0 Å². The lowest BCUT2D eigenvalue weighted by Gasteiger charge is -2.26. The van der Waals surface area contributed by atoms with E-state index in [1.165, 1.54) is 0 Å². The summed E-state index contributed by atoms with van der Waals surface area (Å²) in [6.45, 7) is 11.3. The highest BCUT2D eigenvalue weighted by molar-refractivity contribution is 5.77. The van der Waals surface area contributed by atoms with Gasteiger partial charge in [0.15, 0.2) is 0 Å². The topological polar surface area (TPSA) is 85.9 Å². The second kappa shape index (κ2) is 7.49. The van der Waals surface area contributed by atoms with Crippen molar-refractivity contribution in [2.24, 2.45) is 5.92 Å². The molecule has 1 aliphatic rings. The molecule has 1 rings (SSSR count). The van der Waals surface area contributed by atoms with Crippen LogP contribution in [0, 0.1) is 5.92 Å². The first-order chi connectivity index (χ1) is 10.1. The number of hydrogen-bond donors (Lipinski definition) is 2. The van der Waals surface area contributed by atoms with Gasteiger partial charge in [-0.3, -0.25) is 10.3 Å². The van der Waals surface area contributed by atoms with E-state index in [0.717, 1.165) is 0 Å². The largest absolute Gasteiger partial charge is 0.464 e. The third-order valence-corrected chi connectivity index (χ3v) is 2.83. The van der Waals surface area contributed by atoms with Gasteiger partial charge < -0.3 is 14.8 Å². The van der Waals surface area contributed by atoms with Crippen LogP contribution in [-0.2, 0) is 19.1 Å². The summed E-state index contributed by atoms with van der Waals surface area (Å²) in [7, 11) is 0. The minimum atomic E-state index is -0.809. The van der Waals surface area contributed by atoms with Crippen molar-refractivity contribution in [2.45, 2.75) is 59.3 Å². The Balaban J connectivity index is 2.74. The van der Waals surface area contributed by atoms with Crippen LogP contribution in [0.25, 0.3) is 0 Å². The lowest BCUT2D eigenvalue weighted by Crippen LogP contribution is -2.44. The molecule has 0 aromatic heterocycles. The average molecular weight is 314 g/mol. The monoisotopic (exact) mass is 314 g/mol. The molecule has 0 aromatic rings. The van der Waals surface area contributed by atoms with E-state index in [1.807, 2.05) is 13.8 Å². The molecule has 0 spiro atoms. The molecular formula is C15H26N2O5. The van der Waals surface area contributed by atoms with E-state index in [4.69, 9.17) is 14.3 Å². The Labute approximate surface area is 131 Å². The average Bonchev–Trinajstić information content (AvgIpc) is 2.83. The molecule has 0 saturated heterocycles. The molecule has 0 aliphatic carbocycles. The third-order valence-electron chi connectivity index (χ3n) is 2.83. The number of ether oxygens (including phenoxy) is 2. The summed E-state index contributed by atoms with van der Waals surface area (Å²) in [6.07, 6.45) is 0.283. The van der Waals surface area contributed by atoms with Gasteiger partial charge in [-0.2, -0.15) is 0 Å². The molecule has 0 saturated carbocycles. The molecule has 0 bridgehead atoms. The van der Waals surface area contributed by atoms with Crippen molar-refractivity contribution in [2.75, 3.05) is 6.61 Å². The number of hydrogen-bond acceptors (Lipinski definition) is 6. The molecule has 0 fully saturated rings. The van der Waals surface area contributed by atoms with Crippen LogP contribution < -0.4 is 10.8 Å². The lowest BCUT2D eigenvalue weighted by molar-refractivity contribution is -0.155. The minimum absolute atomic E-state index is 0.0795. The van der Waals surface area contributed by atoms with E-state index in [2.05, 4.69) is 10.8 Å². The second-order valence-corrected chi connectivity index (χ2v) is 6.38. The van der Waals surface area contributed by atoms with Gasteiger partial charge in [0.1, 0.15) is 5.60 Å². The van der Waals surface area contributed by atoms with Gasteiger partial charge in [-0.25, -0.2) is 9.59 Å². The summed E-state index contributed by atoms with van der Waals surface area (Å²) in [5.41, 5.74) is 2.72. The number of esters is 1. The van der Waals surface area contributed by atoms with Gasteiger partial charge in [0.05, 0.1) is 18.3 Å². The normalized spacial score (nSPS) is 19.2. The Morgan fingerprint density at radius 2 is 2.05 bits per heavy atom. The van der Waals surface area contributed by atoms with Crippen LogP contribution in [-0.4, -0.2) is 36.4 Å². The van der Waals surface area contributed by atoms with Crippen molar-refractivity contribution >= 4 is 12.1 Å². The highest BCUT2D eigenvalue weighted by Crippen LogP contribution is 2.18. The van der Waals surface area contributed by atoms with Crippen LogP contribution in [0.1, 0.15) is 41.5 Å². The molecule has 1 amide bonds. The van der Waals surface area contributed by atoms with Crippen LogP contribution in [0.4, 0.5) is 4.79 Å². The highest BCUT2D eigenvalue weighted by atomic mass is 16.7. The molecule has 1 unspecified atom stereocenters. The third kappa shape index (κ3) is 5.55. The van der Waals surface area contributed by atoms with E-state index in [0.29, 0.717) is 5.70 Å².